The highest BCUT2D eigenvalue weighted by Crippen LogP contribution is 2.21. The number of carbonyl (C=O) groups is 2. The fraction of sp³-hybridized carbons (Fsp3) is 0.125. The number of anilines is 2. The first-order chi connectivity index (χ1) is 10.6. The quantitative estimate of drug-likeness (QED) is 0.889. The molecule has 2 rings (SSSR count). The number of para-hydroxylation sites is 1. The van der Waals surface area contributed by atoms with E-state index in [9.17, 15) is 9.59 Å². The Hall–Kier alpha value is -2.53. The topological polar surface area (TPSA) is 67.4 Å². The van der Waals surface area contributed by atoms with Gasteiger partial charge in [-0.25, -0.2) is 4.79 Å². The first kappa shape index (κ1) is 15.9. The Bertz CT molecular complexity index is 689. The summed E-state index contributed by atoms with van der Waals surface area (Å²) < 4.78 is 4.79. The van der Waals surface area contributed by atoms with E-state index in [-0.39, 0.29) is 12.5 Å². The summed E-state index contributed by atoms with van der Waals surface area (Å²) in [6.07, 6.45) is -0.564. The zero-order valence-electron chi connectivity index (χ0n) is 11.9. The fourth-order valence-electron chi connectivity index (χ4n) is 1.78. The molecule has 0 aliphatic heterocycles. The molecule has 0 aromatic heterocycles. The van der Waals surface area contributed by atoms with Crippen LogP contribution in [0.15, 0.2) is 48.5 Å². The zero-order valence-corrected chi connectivity index (χ0v) is 12.7. The van der Waals surface area contributed by atoms with Crippen LogP contribution < -0.4 is 10.6 Å². The maximum atomic E-state index is 12.2. The predicted molar refractivity (Wildman–Crippen MR) is 86.5 cm³/mol. The number of hydrogen-bond donors (Lipinski definition) is 2. The van der Waals surface area contributed by atoms with Crippen molar-refractivity contribution in [1.29, 1.82) is 0 Å². The monoisotopic (exact) mass is 318 g/mol. The summed E-state index contributed by atoms with van der Waals surface area (Å²) in [5.41, 5.74) is 1.40. The normalized spacial score (nSPS) is 9.91. The molecule has 2 aromatic carbocycles. The van der Waals surface area contributed by atoms with E-state index in [0.717, 1.165) is 0 Å². The standard InChI is InChI=1S/C16H15ClN2O3/c1-2-22-16(21)18-12-7-5-6-11(10-12)15(20)19-14-9-4-3-8-13(14)17/h3-10H,2H2,1H3,(H,18,21)(H,19,20). The second-order valence-electron chi connectivity index (χ2n) is 4.36. The van der Waals surface area contributed by atoms with Gasteiger partial charge in [0.1, 0.15) is 0 Å². The van der Waals surface area contributed by atoms with Gasteiger partial charge in [-0.2, -0.15) is 0 Å². The Labute approximate surface area is 133 Å². The summed E-state index contributed by atoms with van der Waals surface area (Å²) >= 11 is 6.00. The number of ether oxygens (including phenoxy) is 1. The van der Waals surface area contributed by atoms with Crippen molar-refractivity contribution < 1.29 is 14.3 Å². The van der Waals surface area contributed by atoms with Crippen LogP contribution in [0.2, 0.25) is 5.02 Å². The number of halogens is 1. The van der Waals surface area contributed by atoms with Crippen LogP contribution in [0.5, 0.6) is 0 Å². The lowest BCUT2D eigenvalue weighted by atomic mass is 10.2. The second kappa shape index (κ2) is 7.47. The number of carbonyl (C=O) groups excluding carboxylic acids is 2. The molecule has 0 unspecified atom stereocenters. The van der Waals surface area contributed by atoms with Gasteiger partial charge in [0.05, 0.1) is 17.3 Å². The molecule has 0 bridgehead atoms. The summed E-state index contributed by atoms with van der Waals surface area (Å²) in [5.74, 6) is -0.319. The van der Waals surface area contributed by atoms with E-state index in [1.807, 2.05) is 0 Å². The molecular weight excluding hydrogens is 304 g/mol. The molecule has 0 radical (unpaired) electrons. The molecule has 0 aliphatic carbocycles. The van der Waals surface area contributed by atoms with Crippen molar-refractivity contribution in [2.75, 3.05) is 17.2 Å². The number of rotatable bonds is 4. The molecule has 22 heavy (non-hydrogen) atoms. The van der Waals surface area contributed by atoms with Gasteiger partial charge in [0, 0.05) is 11.3 Å². The van der Waals surface area contributed by atoms with E-state index in [1.165, 1.54) is 0 Å². The molecule has 0 spiro atoms. The molecule has 0 saturated heterocycles. The molecule has 114 valence electrons. The minimum atomic E-state index is -0.564. The van der Waals surface area contributed by atoms with Gasteiger partial charge in [0.25, 0.3) is 5.91 Å². The van der Waals surface area contributed by atoms with Gasteiger partial charge >= 0.3 is 6.09 Å². The lowest BCUT2D eigenvalue weighted by Gasteiger charge is -2.09. The average Bonchev–Trinajstić information content (AvgIpc) is 2.50. The lowest BCUT2D eigenvalue weighted by molar-refractivity contribution is 0.102. The van der Waals surface area contributed by atoms with Crippen molar-refractivity contribution in [2.45, 2.75) is 6.92 Å². The van der Waals surface area contributed by atoms with Crippen molar-refractivity contribution in [3.05, 3.63) is 59.1 Å². The highest BCUT2D eigenvalue weighted by Gasteiger charge is 2.10. The Morgan fingerprint density at radius 2 is 1.86 bits per heavy atom. The van der Waals surface area contributed by atoms with E-state index >= 15 is 0 Å². The van der Waals surface area contributed by atoms with Gasteiger partial charge in [0.15, 0.2) is 0 Å². The van der Waals surface area contributed by atoms with E-state index in [1.54, 1.807) is 55.5 Å². The second-order valence-corrected chi connectivity index (χ2v) is 4.77. The largest absolute Gasteiger partial charge is 0.450 e. The number of benzene rings is 2. The van der Waals surface area contributed by atoms with Crippen molar-refractivity contribution in [3.8, 4) is 0 Å². The molecular formula is C16H15ClN2O3. The molecule has 2 amide bonds. The summed E-state index contributed by atoms with van der Waals surface area (Å²) in [5, 5.41) is 5.72. The summed E-state index contributed by atoms with van der Waals surface area (Å²) in [6, 6.07) is 13.5. The third-order valence-corrected chi connectivity index (χ3v) is 3.10. The van der Waals surface area contributed by atoms with Gasteiger partial charge in [-0.3, -0.25) is 10.1 Å². The van der Waals surface area contributed by atoms with Gasteiger partial charge in [0.2, 0.25) is 0 Å². The van der Waals surface area contributed by atoms with E-state index < -0.39 is 6.09 Å². The van der Waals surface area contributed by atoms with Crippen molar-refractivity contribution in [3.63, 3.8) is 0 Å². The Balaban J connectivity index is 2.10. The average molecular weight is 319 g/mol. The molecule has 2 aromatic rings. The predicted octanol–water partition coefficient (Wildman–Crippen LogP) is 4.16. The molecule has 6 heteroatoms. The van der Waals surface area contributed by atoms with Crippen LogP contribution in [0.4, 0.5) is 16.2 Å². The Kier molecular flexibility index (Phi) is 5.38. The SMILES string of the molecule is CCOC(=O)Nc1cccc(C(=O)Nc2ccccc2Cl)c1. The number of hydrogen-bond acceptors (Lipinski definition) is 3. The smallest absolute Gasteiger partial charge is 0.411 e. The first-order valence-electron chi connectivity index (χ1n) is 6.70. The Morgan fingerprint density at radius 1 is 1.09 bits per heavy atom. The van der Waals surface area contributed by atoms with Crippen molar-refractivity contribution in [1.82, 2.24) is 0 Å². The molecule has 5 nitrogen and oxygen atoms in total. The van der Waals surface area contributed by atoms with Crippen molar-refractivity contribution >= 4 is 35.0 Å². The minimum absolute atomic E-state index is 0.276. The number of amides is 2. The van der Waals surface area contributed by atoms with Crippen LogP contribution in [0, 0.1) is 0 Å². The highest BCUT2D eigenvalue weighted by molar-refractivity contribution is 6.33. The molecule has 0 heterocycles. The van der Waals surface area contributed by atoms with Gasteiger partial charge < -0.3 is 10.1 Å². The van der Waals surface area contributed by atoms with Crippen LogP contribution in [-0.4, -0.2) is 18.6 Å². The third kappa shape index (κ3) is 4.23. The lowest BCUT2D eigenvalue weighted by Crippen LogP contribution is -2.15. The van der Waals surface area contributed by atoms with Gasteiger partial charge in [-0.05, 0) is 37.3 Å². The third-order valence-electron chi connectivity index (χ3n) is 2.77. The molecule has 2 N–H and O–H groups in total. The molecule has 0 atom stereocenters. The van der Waals surface area contributed by atoms with E-state index in [0.29, 0.717) is 22.0 Å². The summed E-state index contributed by atoms with van der Waals surface area (Å²) in [7, 11) is 0. The number of nitrogens with one attached hydrogen (secondary N) is 2. The summed E-state index contributed by atoms with van der Waals surface area (Å²) in [6.45, 7) is 1.99. The van der Waals surface area contributed by atoms with Gasteiger partial charge in [-0.15, -0.1) is 0 Å². The molecule has 0 saturated carbocycles. The van der Waals surface area contributed by atoms with Gasteiger partial charge in [-0.1, -0.05) is 29.8 Å². The zero-order chi connectivity index (χ0) is 15.9. The van der Waals surface area contributed by atoms with Crippen molar-refractivity contribution in [2.24, 2.45) is 0 Å². The van der Waals surface area contributed by atoms with Crippen LogP contribution in [0.3, 0.4) is 0 Å². The van der Waals surface area contributed by atoms with E-state index in [4.69, 9.17) is 16.3 Å². The minimum Gasteiger partial charge on any atom is -0.450 e. The fourth-order valence-corrected chi connectivity index (χ4v) is 1.96. The maximum Gasteiger partial charge on any atom is 0.411 e. The van der Waals surface area contributed by atoms with E-state index in [2.05, 4.69) is 10.6 Å². The van der Waals surface area contributed by atoms with Crippen LogP contribution in [0.1, 0.15) is 17.3 Å². The molecule has 0 aliphatic rings. The first-order valence-corrected chi connectivity index (χ1v) is 7.07. The molecule has 0 fully saturated rings. The highest BCUT2D eigenvalue weighted by atomic mass is 35.5. The Morgan fingerprint density at radius 3 is 2.59 bits per heavy atom. The summed E-state index contributed by atoms with van der Waals surface area (Å²) in [4.78, 5) is 23.6. The van der Waals surface area contributed by atoms with Crippen LogP contribution >= 0.6 is 11.6 Å². The van der Waals surface area contributed by atoms with Crippen LogP contribution in [-0.2, 0) is 4.74 Å². The van der Waals surface area contributed by atoms with Crippen LogP contribution in [0.25, 0.3) is 0 Å². The maximum absolute atomic E-state index is 12.2.